The predicted molar refractivity (Wildman–Crippen MR) is 121 cm³/mol. The highest BCUT2D eigenvalue weighted by Crippen LogP contribution is 2.28. The highest BCUT2D eigenvalue weighted by atomic mass is 35.5. The maximum atomic E-state index is 11.3. The Bertz CT molecular complexity index is 1130. The van der Waals surface area contributed by atoms with E-state index in [9.17, 15) is 10.1 Å². The van der Waals surface area contributed by atoms with E-state index in [2.05, 4.69) is 6.07 Å². The van der Waals surface area contributed by atoms with Gasteiger partial charge in [0.15, 0.2) is 0 Å². The van der Waals surface area contributed by atoms with E-state index in [0.717, 1.165) is 33.4 Å². The molecule has 0 saturated carbocycles. The number of nitrogens with two attached hydrogens (primary N) is 1. The molecule has 0 spiro atoms. The van der Waals surface area contributed by atoms with E-state index < -0.39 is 5.97 Å². The molecule has 3 aromatic carbocycles. The van der Waals surface area contributed by atoms with Gasteiger partial charge in [-0.3, -0.25) is 4.79 Å². The number of hydrogen-bond acceptors (Lipinski definition) is 4. The smallest absolute Gasteiger partial charge is 0.320 e. The highest BCUT2D eigenvalue weighted by molar-refractivity contribution is 6.32. The lowest BCUT2D eigenvalue weighted by Gasteiger charge is -2.10. The fraction of sp³-hybridized carbons (Fsp3) is 0.120. The standard InChI is InChI=1S/C25H21ClN2O2/c1-17-12-20(24(26)13-21(17)16-30-25(29)15-28)11-10-19-8-5-9-22(23(19)14-27)18-6-3-2-4-7-18/h2-13H,15-16,28H2,1H3/b11-10+. The Morgan fingerprint density at radius 2 is 1.83 bits per heavy atom. The number of carbonyl (C=O) groups is 1. The molecule has 0 aromatic heterocycles. The van der Waals surface area contributed by atoms with Crippen LogP contribution in [0.25, 0.3) is 23.3 Å². The molecule has 30 heavy (non-hydrogen) atoms. The molecule has 3 rings (SSSR count). The van der Waals surface area contributed by atoms with Crippen LogP contribution in [0.4, 0.5) is 0 Å². The summed E-state index contributed by atoms with van der Waals surface area (Å²) in [5.41, 5.74) is 11.2. The fourth-order valence-electron chi connectivity index (χ4n) is 3.12. The maximum absolute atomic E-state index is 11.3. The van der Waals surface area contributed by atoms with Crippen LogP contribution in [0, 0.1) is 18.3 Å². The Balaban J connectivity index is 1.90. The number of esters is 1. The first-order chi connectivity index (χ1) is 14.5. The first-order valence-electron chi connectivity index (χ1n) is 9.44. The molecule has 0 aliphatic heterocycles. The van der Waals surface area contributed by atoms with Gasteiger partial charge < -0.3 is 10.5 Å². The summed E-state index contributed by atoms with van der Waals surface area (Å²) in [4.78, 5) is 11.3. The molecule has 0 aliphatic carbocycles. The van der Waals surface area contributed by atoms with Crippen LogP contribution in [0.3, 0.4) is 0 Å². The van der Waals surface area contributed by atoms with Gasteiger partial charge in [0.25, 0.3) is 0 Å². The van der Waals surface area contributed by atoms with E-state index in [0.29, 0.717) is 10.6 Å². The average molecular weight is 417 g/mol. The Morgan fingerprint density at radius 1 is 1.10 bits per heavy atom. The van der Waals surface area contributed by atoms with Crippen LogP contribution < -0.4 is 5.73 Å². The van der Waals surface area contributed by atoms with Gasteiger partial charge in [0.1, 0.15) is 12.7 Å². The number of halogens is 1. The van der Waals surface area contributed by atoms with Crippen molar-refractivity contribution in [1.29, 1.82) is 5.26 Å². The van der Waals surface area contributed by atoms with Gasteiger partial charge in [-0.15, -0.1) is 0 Å². The zero-order chi connectivity index (χ0) is 21.5. The van der Waals surface area contributed by atoms with E-state index in [4.69, 9.17) is 22.1 Å². The topological polar surface area (TPSA) is 76.1 Å². The number of hydrogen-bond donors (Lipinski definition) is 1. The second kappa shape index (κ2) is 9.89. The van der Waals surface area contributed by atoms with Crippen molar-refractivity contribution < 1.29 is 9.53 Å². The molecule has 0 atom stereocenters. The third kappa shape index (κ3) is 4.96. The van der Waals surface area contributed by atoms with E-state index >= 15 is 0 Å². The minimum Gasteiger partial charge on any atom is -0.460 e. The van der Waals surface area contributed by atoms with Crippen LogP contribution >= 0.6 is 11.6 Å². The number of ether oxygens (including phenoxy) is 1. The molecule has 0 fully saturated rings. The van der Waals surface area contributed by atoms with Crippen LogP contribution in [0.1, 0.15) is 27.8 Å². The largest absolute Gasteiger partial charge is 0.460 e. The van der Waals surface area contributed by atoms with Gasteiger partial charge >= 0.3 is 5.97 Å². The molecular formula is C25H21ClN2O2. The van der Waals surface area contributed by atoms with Gasteiger partial charge in [0.05, 0.1) is 12.1 Å². The monoisotopic (exact) mass is 416 g/mol. The first-order valence-corrected chi connectivity index (χ1v) is 9.82. The molecule has 2 N–H and O–H groups in total. The summed E-state index contributed by atoms with van der Waals surface area (Å²) in [6.45, 7) is 1.90. The molecule has 4 nitrogen and oxygen atoms in total. The molecule has 0 unspecified atom stereocenters. The summed E-state index contributed by atoms with van der Waals surface area (Å²) in [5.74, 6) is -0.461. The Morgan fingerprint density at radius 3 is 2.53 bits per heavy atom. The van der Waals surface area contributed by atoms with Crippen molar-refractivity contribution >= 4 is 29.7 Å². The predicted octanol–water partition coefficient (Wildman–Crippen LogP) is 5.36. The molecule has 0 aliphatic rings. The lowest BCUT2D eigenvalue weighted by molar-refractivity contribution is -0.143. The lowest BCUT2D eigenvalue weighted by Crippen LogP contribution is -2.16. The number of nitriles is 1. The summed E-state index contributed by atoms with van der Waals surface area (Å²) in [7, 11) is 0. The van der Waals surface area contributed by atoms with Gasteiger partial charge in [-0.2, -0.15) is 5.26 Å². The first kappa shape index (κ1) is 21.3. The van der Waals surface area contributed by atoms with E-state index in [-0.39, 0.29) is 13.2 Å². The summed E-state index contributed by atoms with van der Waals surface area (Å²) in [6.07, 6.45) is 3.77. The second-order valence-corrected chi connectivity index (χ2v) is 7.15. The van der Waals surface area contributed by atoms with Crippen molar-refractivity contribution in [3.8, 4) is 17.2 Å². The van der Waals surface area contributed by atoms with Crippen LogP contribution in [-0.4, -0.2) is 12.5 Å². The van der Waals surface area contributed by atoms with Gasteiger partial charge in [-0.25, -0.2) is 0 Å². The SMILES string of the molecule is Cc1cc(/C=C/c2cccc(-c3ccccc3)c2C#N)c(Cl)cc1COC(=O)CN. The van der Waals surface area contributed by atoms with E-state index in [1.54, 1.807) is 6.07 Å². The molecule has 3 aromatic rings. The summed E-state index contributed by atoms with van der Waals surface area (Å²) < 4.78 is 5.09. The van der Waals surface area contributed by atoms with Gasteiger partial charge in [-0.05, 0) is 40.8 Å². The van der Waals surface area contributed by atoms with Crippen molar-refractivity contribution in [2.75, 3.05) is 6.54 Å². The Labute approximate surface area is 181 Å². The van der Waals surface area contributed by atoms with Crippen molar-refractivity contribution in [3.05, 3.63) is 93.5 Å². The second-order valence-electron chi connectivity index (χ2n) is 6.75. The molecule has 0 radical (unpaired) electrons. The zero-order valence-electron chi connectivity index (χ0n) is 16.6. The molecule has 0 heterocycles. The quantitative estimate of drug-likeness (QED) is 0.433. The van der Waals surface area contributed by atoms with Crippen LogP contribution in [0.5, 0.6) is 0 Å². The van der Waals surface area contributed by atoms with Gasteiger partial charge in [0.2, 0.25) is 0 Å². The molecule has 5 heteroatoms. The molecule has 0 amide bonds. The summed E-state index contributed by atoms with van der Waals surface area (Å²) in [5, 5.41) is 10.3. The molecule has 150 valence electrons. The minimum atomic E-state index is -0.461. The Hall–Kier alpha value is -3.39. The third-order valence-corrected chi connectivity index (χ3v) is 5.07. The van der Waals surface area contributed by atoms with Crippen LogP contribution in [0.15, 0.2) is 60.7 Å². The number of benzene rings is 3. The number of rotatable bonds is 6. The normalized spacial score (nSPS) is 10.7. The summed E-state index contributed by atoms with van der Waals surface area (Å²) >= 11 is 6.44. The van der Waals surface area contributed by atoms with Crippen molar-refractivity contribution in [1.82, 2.24) is 0 Å². The zero-order valence-corrected chi connectivity index (χ0v) is 17.3. The highest BCUT2D eigenvalue weighted by Gasteiger charge is 2.10. The van der Waals surface area contributed by atoms with Crippen molar-refractivity contribution in [2.45, 2.75) is 13.5 Å². The fourth-order valence-corrected chi connectivity index (χ4v) is 3.37. The number of nitrogens with zero attached hydrogens (tertiary/aromatic N) is 1. The number of aryl methyl sites for hydroxylation is 1. The average Bonchev–Trinajstić information content (AvgIpc) is 2.78. The van der Waals surface area contributed by atoms with Crippen LogP contribution in [-0.2, 0) is 16.1 Å². The van der Waals surface area contributed by atoms with Crippen molar-refractivity contribution in [3.63, 3.8) is 0 Å². The third-order valence-electron chi connectivity index (χ3n) is 4.75. The minimum absolute atomic E-state index is 0.128. The van der Waals surface area contributed by atoms with E-state index in [1.807, 2.05) is 73.7 Å². The summed E-state index contributed by atoms with van der Waals surface area (Å²) in [6, 6.07) is 21.6. The van der Waals surface area contributed by atoms with Crippen molar-refractivity contribution in [2.24, 2.45) is 5.73 Å². The maximum Gasteiger partial charge on any atom is 0.320 e. The van der Waals surface area contributed by atoms with E-state index in [1.165, 1.54) is 0 Å². The van der Waals surface area contributed by atoms with Gasteiger partial charge in [0, 0.05) is 10.6 Å². The van der Waals surface area contributed by atoms with Crippen LogP contribution in [0.2, 0.25) is 5.02 Å². The molecular weight excluding hydrogens is 396 g/mol. The molecule has 0 bridgehead atoms. The number of carbonyl (C=O) groups excluding carboxylic acids is 1. The Kier molecular flexibility index (Phi) is 7.03. The van der Waals surface area contributed by atoms with Gasteiger partial charge in [-0.1, -0.05) is 78.4 Å². The lowest BCUT2D eigenvalue weighted by atomic mass is 9.95. The molecule has 0 saturated heterocycles.